The van der Waals surface area contributed by atoms with E-state index in [1.54, 1.807) is 41.9 Å². The first-order chi connectivity index (χ1) is 22.7. The number of halogens is 1. The second kappa shape index (κ2) is 13.1. The Morgan fingerprint density at radius 3 is 2.26 bits per heavy atom. The number of hydrogen-bond acceptors (Lipinski definition) is 10. The first-order valence-electron chi connectivity index (χ1n) is 15.2. The van der Waals surface area contributed by atoms with Gasteiger partial charge < -0.3 is 38.3 Å². The number of aromatic nitrogens is 4. The summed E-state index contributed by atoms with van der Waals surface area (Å²) in [7, 11) is 4.63. The number of methoxy groups -OCH3 is 3. The number of rotatable bonds is 11. The maximum Gasteiger partial charge on any atom is 0.341 e. The van der Waals surface area contributed by atoms with Crippen LogP contribution in [-0.2, 0) is 11.3 Å². The monoisotopic (exact) mass is 666 g/mol. The molecule has 2 fully saturated rings. The molecular weight excluding hydrogens is 631 g/mol. The average Bonchev–Trinajstić information content (AvgIpc) is 3.85. The highest BCUT2D eigenvalue weighted by atomic mass is 32.2. The van der Waals surface area contributed by atoms with Crippen LogP contribution in [-0.4, -0.2) is 94.5 Å². The third-order valence-corrected chi connectivity index (χ3v) is 9.48. The van der Waals surface area contributed by atoms with Gasteiger partial charge in [-0.25, -0.2) is 9.18 Å². The van der Waals surface area contributed by atoms with Crippen LogP contribution in [0.1, 0.15) is 36.2 Å². The standard InChI is InChI=1S/C32H35FN6O7S/c1-5-38-30(18-12-25(44-2)29(46-4)26(13-18)45-3)34-35-32(38)47-17-27(40)37-10-8-36(9-11-37)24-15-23-20(14-22(24)33)28(41)21(31(42)43)16-39(23)19-6-7-19/h12-16,19H,5-11,17H2,1-4H3,(H,42,43). The molecule has 0 radical (unpaired) electrons. The lowest BCUT2D eigenvalue weighted by Crippen LogP contribution is -2.49. The second-order valence-corrected chi connectivity index (χ2v) is 12.2. The lowest BCUT2D eigenvalue weighted by molar-refractivity contribution is -0.128. The highest BCUT2D eigenvalue weighted by molar-refractivity contribution is 7.99. The van der Waals surface area contributed by atoms with Crippen molar-refractivity contribution in [2.75, 3.05) is 58.2 Å². The summed E-state index contributed by atoms with van der Waals surface area (Å²) >= 11 is 1.30. The maximum absolute atomic E-state index is 15.4. The minimum Gasteiger partial charge on any atom is -0.493 e. The number of anilines is 1. The van der Waals surface area contributed by atoms with Crippen molar-refractivity contribution >= 4 is 40.2 Å². The van der Waals surface area contributed by atoms with E-state index in [1.807, 2.05) is 16.4 Å². The number of aromatic carboxylic acids is 1. The maximum atomic E-state index is 15.4. The molecule has 3 heterocycles. The van der Waals surface area contributed by atoms with Crippen LogP contribution in [0.4, 0.5) is 10.1 Å². The summed E-state index contributed by atoms with van der Waals surface area (Å²) in [5.41, 5.74) is 0.500. The second-order valence-electron chi connectivity index (χ2n) is 11.3. The summed E-state index contributed by atoms with van der Waals surface area (Å²) in [6.07, 6.45) is 3.10. The van der Waals surface area contributed by atoms with Crippen molar-refractivity contribution in [1.29, 1.82) is 0 Å². The molecule has 47 heavy (non-hydrogen) atoms. The molecule has 13 nitrogen and oxygen atoms in total. The number of carboxylic acids is 1. The fourth-order valence-corrected chi connectivity index (χ4v) is 6.83. The van der Waals surface area contributed by atoms with Crippen LogP contribution in [0.2, 0.25) is 0 Å². The van der Waals surface area contributed by atoms with E-state index in [0.29, 0.717) is 72.2 Å². The Labute approximate surface area is 273 Å². The molecule has 4 aromatic rings. The number of carbonyl (C=O) groups is 2. The Morgan fingerprint density at radius 2 is 1.68 bits per heavy atom. The van der Waals surface area contributed by atoms with Crippen LogP contribution >= 0.6 is 11.8 Å². The summed E-state index contributed by atoms with van der Waals surface area (Å²) in [4.78, 5) is 41.3. The van der Waals surface area contributed by atoms with E-state index < -0.39 is 17.2 Å². The fraction of sp³-hybridized carbons (Fsp3) is 0.406. The number of benzene rings is 2. The predicted molar refractivity (Wildman–Crippen MR) is 174 cm³/mol. The van der Waals surface area contributed by atoms with Crippen molar-refractivity contribution in [1.82, 2.24) is 24.2 Å². The topological polar surface area (TPSA) is 141 Å². The molecule has 1 aliphatic heterocycles. The lowest BCUT2D eigenvalue weighted by atomic mass is 10.1. The number of pyridine rings is 1. The number of fused-ring (bicyclic) bond motifs is 1. The molecule has 6 rings (SSSR count). The van der Waals surface area contributed by atoms with Gasteiger partial charge in [0.2, 0.25) is 17.1 Å². The van der Waals surface area contributed by atoms with E-state index in [-0.39, 0.29) is 28.7 Å². The smallest absolute Gasteiger partial charge is 0.341 e. The van der Waals surface area contributed by atoms with E-state index in [1.165, 1.54) is 25.1 Å². The van der Waals surface area contributed by atoms with E-state index in [4.69, 9.17) is 14.2 Å². The number of ether oxygens (including phenoxy) is 3. The van der Waals surface area contributed by atoms with Crippen LogP contribution in [0.3, 0.4) is 0 Å². The normalized spacial score (nSPS) is 14.8. The zero-order valence-corrected chi connectivity index (χ0v) is 27.3. The van der Waals surface area contributed by atoms with E-state index in [9.17, 15) is 19.5 Å². The number of nitrogens with zero attached hydrogens (tertiary/aromatic N) is 6. The Bertz CT molecular complexity index is 1890. The van der Waals surface area contributed by atoms with Crippen molar-refractivity contribution < 1.29 is 33.3 Å². The molecule has 1 saturated heterocycles. The van der Waals surface area contributed by atoms with Gasteiger partial charge in [-0.3, -0.25) is 9.59 Å². The highest BCUT2D eigenvalue weighted by Gasteiger charge is 2.29. The van der Waals surface area contributed by atoms with Crippen LogP contribution in [0.15, 0.2) is 40.4 Å². The predicted octanol–water partition coefficient (Wildman–Crippen LogP) is 3.92. The Hall–Kier alpha value is -4.79. The van der Waals surface area contributed by atoms with Gasteiger partial charge in [-0.15, -0.1) is 10.2 Å². The summed E-state index contributed by atoms with van der Waals surface area (Å²) in [6.45, 7) is 4.11. The molecule has 0 atom stereocenters. The largest absolute Gasteiger partial charge is 0.493 e. The van der Waals surface area contributed by atoms with Gasteiger partial charge in [0, 0.05) is 55.9 Å². The van der Waals surface area contributed by atoms with Crippen molar-refractivity contribution in [2.45, 2.75) is 37.5 Å². The summed E-state index contributed by atoms with van der Waals surface area (Å²) in [6, 6.07) is 6.45. The quantitative estimate of drug-likeness (QED) is 0.233. The minimum atomic E-state index is -1.33. The zero-order valence-electron chi connectivity index (χ0n) is 26.5. The van der Waals surface area contributed by atoms with Gasteiger partial charge in [-0.1, -0.05) is 11.8 Å². The van der Waals surface area contributed by atoms with Gasteiger partial charge >= 0.3 is 5.97 Å². The van der Waals surface area contributed by atoms with Gasteiger partial charge in [0.25, 0.3) is 0 Å². The Balaban J connectivity index is 1.14. The number of carbonyl (C=O) groups excluding carboxylic acids is 1. The third kappa shape index (κ3) is 6.06. The van der Waals surface area contributed by atoms with Crippen LogP contribution in [0.25, 0.3) is 22.3 Å². The Morgan fingerprint density at radius 1 is 1.00 bits per heavy atom. The molecular formula is C32H35FN6O7S. The lowest BCUT2D eigenvalue weighted by Gasteiger charge is -2.36. The first kappa shape index (κ1) is 32.2. The molecule has 1 saturated carbocycles. The molecule has 1 amide bonds. The molecule has 2 aliphatic rings. The van der Waals surface area contributed by atoms with Crippen molar-refractivity contribution in [3.8, 4) is 28.6 Å². The molecule has 0 unspecified atom stereocenters. The fourth-order valence-electron chi connectivity index (χ4n) is 5.93. The Kier molecular flexibility index (Phi) is 8.99. The van der Waals surface area contributed by atoms with E-state index in [0.717, 1.165) is 24.5 Å². The van der Waals surface area contributed by atoms with Gasteiger partial charge in [-0.2, -0.15) is 0 Å². The average molecular weight is 667 g/mol. The van der Waals surface area contributed by atoms with Crippen molar-refractivity contribution in [2.24, 2.45) is 0 Å². The van der Waals surface area contributed by atoms with Gasteiger partial charge in [0.1, 0.15) is 11.4 Å². The number of carboxylic acid groups (broad SMARTS) is 1. The number of thioether (sulfide) groups is 1. The SMILES string of the molecule is CCn1c(SCC(=O)N2CCN(c3cc4c(cc3F)c(=O)c(C(=O)O)cn4C3CC3)CC2)nnc1-c1cc(OC)c(OC)c(OC)c1. The number of piperazine rings is 1. The number of hydrogen-bond donors (Lipinski definition) is 1. The van der Waals surface area contributed by atoms with Gasteiger partial charge in [0.05, 0.1) is 38.3 Å². The van der Waals surface area contributed by atoms with Crippen LogP contribution in [0, 0.1) is 5.82 Å². The van der Waals surface area contributed by atoms with Crippen molar-refractivity contribution in [3.63, 3.8) is 0 Å². The molecule has 1 aliphatic carbocycles. The first-order valence-corrected chi connectivity index (χ1v) is 16.2. The molecule has 15 heteroatoms. The number of amides is 1. The summed E-state index contributed by atoms with van der Waals surface area (Å²) < 4.78 is 35.5. The van der Waals surface area contributed by atoms with Crippen molar-refractivity contribution in [3.05, 3.63) is 52.1 Å². The van der Waals surface area contributed by atoms with Crippen LogP contribution < -0.4 is 24.5 Å². The molecule has 0 spiro atoms. The highest BCUT2D eigenvalue weighted by Crippen LogP contribution is 2.41. The van der Waals surface area contributed by atoms with Gasteiger partial charge in [-0.05, 0) is 44.0 Å². The third-order valence-electron chi connectivity index (χ3n) is 8.53. The van der Waals surface area contributed by atoms with Crippen LogP contribution in [0.5, 0.6) is 17.2 Å². The molecule has 1 N–H and O–H groups in total. The molecule has 2 aromatic heterocycles. The summed E-state index contributed by atoms with van der Waals surface area (Å²) in [5, 5.41) is 18.9. The zero-order chi connectivity index (χ0) is 33.4. The molecule has 248 valence electrons. The minimum absolute atomic E-state index is 0.0530. The van der Waals surface area contributed by atoms with E-state index in [2.05, 4.69) is 10.2 Å². The molecule has 0 bridgehead atoms. The van der Waals surface area contributed by atoms with Gasteiger partial charge in [0.15, 0.2) is 22.5 Å². The molecule has 2 aromatic carbocycles. The summed E-state index contributed by atoms with van der Waals surface area (Å²) in [5.74, 6) is 0.194. The van der Waals surface area contributed by atoms with E-state index >= 15 is 4.39 Å².